The number of nitro groups is 1. The fourth-order valence-electron chi connectivity index (χ4n) is 2.13. The van der Waals surface area contributed by atoms with Gasteiger partial charge in [-0.15, -0.1) is 0 Å². The van der Waals surface area contributed by atoms with Crippen LogP contribution in [0.5, 0.6) is 0 Å². The van der Waals surface area contributed by atoms with Crippen molar-refractivity contribution in [1.29, 1.82) is 0 Å². The molecule has 17 heavy (non-hydrogen) atoms. The molecule has 1 heterocycles. The maximum Gasteiger partial charge on any atom is 0.333 e. The fourth-order valence-corrected chi connectivity index (χ4v) is 2.13. The number of rotatable bonds is 5. The number of aryl methyl sites for hydroxylation is 2. The molecule has 0 bridgehead atoms. The third-order valence-corrected chi connectivity index (χ3v) is 2.94. The summed E-state index contributed by atoms with van der Waals surface area (Å²) in [6.07, 6.45) is 2.03. The summed E-state index contributed by atoms with van der Waals surface area (Å²) >= 11 is 0. The van der Waals surface area contributed by atoms with Crippen LogP contribution in [-0.4, -0.2) is 39.0 Å². The second kappa shape index (κ2) is 4.33. The van der Waals surface area contributed by atoms with Gasteiger partial charge in [-0.05, 0) is 19.8 Å². The Balaban J connectivity index is 2.44. The summed E-state index contributed by atoms with van der Waals surface area (Å²) in [6.45, 7) is 2.02. The van der Waals surface area contributed by atoms with Gasteiger partial charge in [-0.1, -0.05) is 0 Å². The molecular weight excluding hydrogens is 224 g/mol. The summed E-state index contributed by atoms with van der Waals surface area (Å²) in [5.41, 5.74) is 0.462. The predicted octanol–water partition coefficient (Wildman–Crippen LogP) is 0.598. The van der Waals surface area contributed by atoms with Gasteiger partial charge in [-0.2, -0.15) is 5.10 Å². The highest BCUT2D eigenvalue weighted by Gasteiger charge is 2.36. The first-order valence-corrected chi connectivity index (χ1v) is 5.61. The van der Waals surface area contributed by atoms with E-state index in [9.17, 15) is 10.1 Å². The molecule has 2 rings (SSSR count). The Bertz CT molecular complexity index is 439. The van der Waals surface area contributed by atoms with Crippen molar-refractivity contribution >= 4 is 11.5 Å². The maximum atomic E-state index is 11.1. The summed E-state index contributed by atoms with van der Waals surface area (Å²) in [6, 6.07) is 0.302. The molecule has 7 heteroatoms. The molecule has 0 spiro atoms. The molecule has 94 valence electrons. The van der Waals surface area contributed by atoms with Crippen molar-refractivity contribution in [3.05, 3.63) is 15.8 Å². The van der Waals surface area contributed by atoms with E-state index >= 15 is 0 Å². The van der Waals surface area contributed by atoms with Crippen LogP contribution in [0.15, 0.2) is 0 Å². The Hall–Kier alpha value is -1.63. The van der Waals surface area contributed by atoms with Crippen molar-refractivity contribution in [2.75, 3.05) is 18.1 Å². The predicted molar refractivity (Wildman–Crippen MR) is 62.1 cm³/mol. The van der Waals surface area contributed by atoms with Gasteiger partial charge in [0.25, 0.3) is 0 Å². The molecule has 1 aromatic rings. The van der Waals surface area contributed by atoms with Crippen LogP contribution in [-0.2, 0) is 7.05 Å². The molecule has 1 aliphatic rings. The lowest BCUT2D eigenvalue weighted by atomic mass is 10.3. The number of aromatic nitrogens is 2. The van der Waals surface area contributed by atoms with Gasteiger partial charge < -0.3 is 10.0 Å². The van der Waals surface area contributed by atoms with Crippen LogP contribution < -0.4 is 4.90 Å². The van der Waals surface area contributed by atoms with E-state index in [0.717, 1.165) is 12.8 Å². The Kier molecular flexibility index (Phi) is 3.01. The third kappa shape index (κ3) is 2.10. The number of hydrogen-bond donors (Lipinski definition) is 1. The number of aliphatic hydroxyl groups is 1. The van der Waals surface area contributed by atoms with Crippen molar-refractivity contribution in [1.82, 2.24) is 9.78 Å². The molecule has 7 nitrogen and oxygen atoms in total. The van der Waals surface area contributed by atoms with E-state index < -0.39 is 4.92 Å². The average molecular weight is 240 g/mol. The number of nitrogens with zero attached hydrogens (tertiary/aromatic N) is 4. The highest BCUT2D eigenvalue weighted by molar-refractivity contribution is 5.62. The molecule has 0 aliphatic heterocycles. The Morgan fingerprint density at radius 3 is 2.76 bits per heavy atom. The first-order chi connectivity index (χ1) is 8.06. The minimum Gasteiger partial charge on any atom is -0.395 e. The van der Waals surface area contributed by atoms with Crippen LogP contribution >= 0.6 is 0 Å². The highest BCUT2D eigenvalue weighted by Crippen LogP contribution is 2.37. The minimum absolute atomic E-state index is 0.0160. The molecule has 0 saturated heterocycles. The van der Waals surface area contributed by atoms with Crippen molar-refractivity contribution in [3.8, 4) is 0 Å². The molecule has 1 saturated carbocycles. The minimum atomic E-state index is -0.398. The molecule has 0 aromatic carbocycles. The van der Waals surface area contributed by atoms with Crippen LogP contribution in [0.1, 0.15) is 18.5 Å². The Morgan fingerprint density at radius 2 is 2.29 bits per heavy atom. The van der Waals surface area contributed by atoms with E-state index in [4.69, 9.17) is 5.11 Å². The lowest BCUT2D eigenvalue weighted by Gasteiger charge is -2.22. The zero-order valence-electron chi connectivity index (χ0n) is 9.96. The van der Waals surface area contributed by atoms with E-state index in [2.05, 4.69) is 5.10 Å². The molecule has 0 atom stereocenters. The smallest absolute Gasteiger partial charge is 0.333 e. The van der Waals surface area contributed by atoms with Gasteiger partial charge in [0.1, 0.15) is 5.69 Å². The molecular formula is C10H16N4O3. The van der Waals surface area contributed by atoms with Gasteiger partial charge in [-0.25, -0.2) is 4.68 Å². The van der Waals surface area contributed by atoms with Crippen LogP contribution in [0.4, 0.5) is 11.5 Å². The van der Waals surface area contributed by atoms with E-state index in [-0.39, 0.29) is 12.3 Å². The normalized spacial score (nSPS) is 15.0. The van der Waals surface area contributed by atoms with Gasteiger partial charge >= 0.3 is 5.69 Å². The van der Waals surface area contributed by atoms with Gasteiger partial charge in [0.15, 0.2) is 0 Å². The summed E-state index contributed by atoms with van der Waals surface area (Å²) < 4.78 is 1.53. The zero-order valence-corrected chi connectivity index (χ0v) is 9.96. The molecule has 0 radical (unpaired) electrons. The fraction of sp³-hybridized carbons (Fsp3) is 0.700. The number of anilines is 1. The number of aliphatic hydroxyl groups excluding tert-OH is 1. The first-order valence-electron chi connectivity index (χ1n) is 5.61. The van der Waals surface area contributed by atoms with Crippen molar-refractivity contribution in [3.63, 3.8) is 0 Å². The average Bonchev–Trinajstić information content (AvgIpc) is 3.01. The standard InChI is InChI=1S/C10H16N4O3/c1-7-9(14(16)17)10(12(2)11-7)13(5-6-15)8-3-4-8/h8,15H,3-6H2,1-2H3. The molecule has 1 fully saturated rings. The van der Waals surface area contributed by atoms with E-state index in [0.29, 0.717) is 24.1 Å². The van der Waals surface area contributed by atoms with Gasteiger partial charge in [0.2, 0.25) is 5.82 Å². The zero-order chi connectivity index (χ0) is 12.6. The molecule has 1 N–H and O–H groups in total. The number of hydrogen-bond acceptors (Lipinski definition) is 5. The first kappa shape index (κ1) is 11.8. The van der Waals surface area contributed by atoms with Crippen LogP contribution in [0.25, 0.3) is 0 Å². The van der Waals surface area contributed by atoms with Gasteiger partial charge in [0, 0.05) is 19.6 Å². The quantitative estimate of drug-likeness (QED) is 0.601. The summed E-state index contributed by atoms with van der Waals surface area (Å²) in [5.74, 6) is 0.504. The highest BCUT2D eigenvalue weighted by atomic mass is 16.6. The summed E-state index contributed by atoms with van der Waals surface area (Å²) in [5, 5.41) is 24.2. The summed E-state index contributed by atoms with van der Waals surface area (Å²) in [7, 11) is 1.70. The monoisotopic (exact) mass is 240 g/mol. The molecule has 0 amide bonds. The topological polar surface area (TPSA) is 84.4 Å². The Morgan fingerprint density at radius 1 is 1.65 bits per heavy atom. The maximum absolute atomic E-state index is 11.1. The second-order valence-corrected chi connectivity index (χ2v) is 4.29. The van der Waals surface area contributed by atoms with Crippen molar-refractivity contribution < 1.29 is 10.0 Å². The van der Waals surface area contributed by atoms with Gasteiger partial charge in [-0.3, -0.25) is 10.1 Å². The van der Waals surface area contributed by atoms with E-state index in [1.54, 1.807) is 14.0 Å². The lowest BCUT2D eigenvalue weighted by molar-refractivity contribution is -0.384. The largest absolute Gasteiger partial charge is 0.395 e. The van der Waals surface area contributed by atoms with Crippen LogP contribution in [0.2, 0.25) is 0 Å². The molecule has 0 unspecified atom stereocenters. The third-order valence-electron chi connectivity index (χ3n) is 2.94. The lowest BCUT2D eigenvalue weighted by Crippen LogP contribution is -2.31. The van der Waals surface area contributed by atoms with Gasteiger partial charge in [0.05, 0.1) is 11.5 Å². The van der Waals surface area contributed by atoms with Crippen molar-refractivity contribution in [2.45, 2.75) is 25.8 Å². The molecule has 1 aliphatic carbocycles. The van der Waals surface area contributed by atoms with Crippen molar-refractivity contribution in [2.24, 2.45) is 7.05 Å². The summed E-state index contributed by atoms with van der Waals surface area (Å²) in [4.78, 5) is 12.6. The SMILES string of the molecule is Cc1nn(C)c(N(CCO)C2CC2)c1[N+](=O)[O-]. The van der Waals surface area contributed by atoms with E-state index in [1.807, 2.05) is 4.90 Å². The van der Waals surface area contributed by atoms with Crippen LogP contribution in [0, 0.1) is 17.0 Å². The Labute approximate surface area is 98.8 Å². The van der Waals surface area contributed by atoms with E-state index in [1.165, 1.54) is 4.68 Å². The second-order valence-electron chi connectivity index (χ2n) is 4.29. The van der Waals surface area contributed by atoms with Crippen LogP contribution in [0.3, 0.4) is 0 Å². The molecule has 1 aromatic heterocycles.